The summed E-state index contributed by atoms with van der Waals surface area (Å²) in [6.45, 7) is 6.05. The largest absolute Gasteiger partial charge is 0.351 e. The number of hydrogen-bond donors (Lipinski definition) is 1. The van der Waals surface area contributed by atoms with Crippen LogP contribution >= 0.6 is 0 Å². The van der Waals surface area contributed by atoms with Crippen LogP contribution in [0.15, 0.2) is 6.07 Å². The number of rotatable bonds is 5. The highest BCUT2D eigenvalue weighted by Crippen LogP contribution is 2.29. The summed E-state index contributed by atoms with van der Waals surface area (Å²) in [6, 6.07) is 1.79. The zero-order chi connectivity index (χ0) is 21.3. The zero-order valence-corrected chi connectivity index (χ0v) is 18.2. The van der Waals surface area contributed by atoms with Crippen molar-refractivity contribution in [1.82, 2.24) is 24.9 Å². The maximum atomic E-state index is 13.3. The van der Waals surface area contributed by atoms with Gasteiger partial charge in [-0.25, -0.2) is 0 Å². The van der Waals surface area contributed by atoms with Crippen LogP contribution < -0.4 is 5.32 Å². The summed E-state index contributed by atoms with van der Waals surface area (Å²) in [6.07, 6.45) is 8.14. The average Bonchev–Trinajstić information content (AvgIpc) is 3.41. The predicted octanol–water partition coefficient (Wildman–Crippen LogP) is 2.19. The highest BCUT2D eigenvalue weighted by molar-refractivity contribution is 6.02. The Morgan fingerprint density at radius 1 is 1.17 bits per heavy atom. The molecule has 0 bridgehead atoms. The van der Waals surface area contributed by atoms with Gasteiger partial charge in [0.2, 0.25) is 5.91 Å². The number of hydrogen-bond acceptors (Lipinski definition) is 4. The van der Waals surface area contributed by atoms with Crippen LogP contribution in [-0.4, -0.2) is 68.5 Å². The monoisotopic (exact) mass is 415 g/mol. The molecule has 0 aromatic carbocycles. The minimum Gasteiger partial charge on any atom is -0.351 e. The van der Waals surface area contributed by atoms with E-state index in [1.807, 2.05) is 18.7 Å². The number of amides is 3. The molecule has 1 aromatic rings. The molecule has 2 fully saturated rings. The summed E-state index contributed by atoms with van der Waals surface area (Å²) in [5.74, 6) is -0.470. The molecule has 164 valence electrons. The zero-order valence-electron chi connectivity index (χ0n) is 18.2. The molecule has 1 aromatic heterocycles. The molecule has 0 unspecified atom stereocenters. The van der Waals surface area contributed by atoms with Gasteiger partial charge in [-0.1, -0.05) is 19.8 Å². The van der Waals surface area contributed by atoms with Crippen LogP contribution in [0.5, 0.6) is 0 Å². The summed E-state index contributed by atoms with van der Waals surface area (Å²) in [7, 11) is 0. The number of carbonyl (C=O) groups excluding carboxylic acids is 3. The van der Waals surface area contributed by atoms with E-state index in [1.165, 1.54) is 0 Å². The highest BCUT2D eigenvalue weighted by Gasteiger charge is 2.48. The average molecular weight is 416 g/mol. The van der Waals surface area contributed by atoms with Gasteiger partial charge in [0, 0.05) is 31.7 Å². The molecule has 8 nitrogen and oxygen atoms in total. The fourth-order valence-electron chi connectivity index (χ4n) is 4.99. The van der Waals surface area contributed by atoms with E-state index >= 15 is 0 Å². The Morgan fingerprint density at radius 2 is 1.87 bits per heavy atom. The lowest BCUT2D eigenvalue weighted by molar-refractivity contribution is -0.133. The number of piperidine rings is 1. The van der Waals surface area contributed by atoms with Crippen molar-refractivity contribution < 1.29 is 14.4 Å². The van der Waals surface area contributed by atoms with Crippen molar-refractivity contribution in [2.24, 2.45) is 0 Å². The molecule has 3 amide bonds. The second kappa shape index (κ2) is 8.40. The summed E-state index contributed by atoms with van der Waals surface area (Å²) in [5, 5.41) is 7.64. The van der Waals surface area contributed by atoms with E-state index in [4.69, 9.17) is 0 Å². The van der Waals surface area contributed by atoms with E-state index in [0.717, 1.165) is 64.5 Å². The van der Waals surface area contributed by atoms with Gasteiger partial charge >= 0.3 is 0 Å². The minimum absolute atomic E-state index is 0.122. The Balaban J connectivity index is 1.60. The van der Waals surface area contributed by atoms with E-state index in [2.05, 4.69) is 10.4 Å². The van der Waals surface area contributed by atoms with Gasteiger partial charge in [0.05, 0.1) is 6.54 Å². The van der Waals surface area contributed by atoms with Gasteiger partial charge in [-0.2, -0.15) is 5.10 Å². The van der Waals surface area contributed by atoms with Crippen LogP contribution in [0.2, 0.25) is 0 Å². The summed E-state index contributed by atoms with van der Waals surface area (Å²) >= 11 is 0. The molecule has 1 N–H and O–H groups in total. The first kappa shape index (κ1) is 20.9. The van der Waals surface area contributed by atoms with E-state index in [1.54, 1.807) is 15.6 Å². The molecule has 1 saturated heterocycles. The lowest BCUT2D eigenvalue weighted by atomic mass is 9.94. The van der Waals surface area contributed by atoms with Crippen molar-refractivity contribution in [3.63, 3.8) is 0 Å². The fraction of sp³-hybridized carbons (Fsp3) is 0.727. The smallest absolute Gasteiger partial charge is 0.274 e. The first-order chi connectivity index (χ1) is 14.4. The second-order valence-corrected chi connectivity index (χ2v) is 9.11. The van der Waals surface area contributed by atoms with E-state index in [9.17, 15) is 14.4 Å². The van der Waals surface area contributed by atoms with Crippen molar-refractivity contribution >= 4 is 17.7 Å². The Bertz CT molecular complexity index is 823. The third-order valence-corrected chi connectivity index (χ3v) is 6.79. The maximum Gasteiger partial charge on any atom is 0.274 e. The Morgan fingerprint density at radius 3 is 2.53 bits per heavy atom. The first-order valence-corrected chi connectivity index (χ1v) is 11.4. The third kappa shape index (κ3) is 3.72. The quantitative estimate of drug-likeness (QED) is 0.799. The van der Waals surface area contributed by atoms with E-state index < -0.39 is 5.54 Å². The molecule has 0 spiro atoms. The lowest BCUT2D eigenvalue weighted by Gasteiger charge is -2.43. The molecule has 2 aliphatic heterocycles. The molecule has 8 heteroatoms. The molecule has 1 aliphatic carbocycles. The Kier molecular flexibility index (Phi) is 5.84. The standard InChI is InChI=1S/C22H33N5O3/c1-3-11-26-20(29)18-14-17(19(28)25-12-7-4-8-13-25)24-27(18)15-22(26,2)21(30)23-16-9-5-6-10-16/h14,16H,3-13,15H2,1-2H3,(H,23,30)/t22-/m1/s1. The third-order valence-electron chi connectivity index (χ3n) is 6.79. The van der Waals surface area contributed by atoms with Gasteiger partial charge in [-0.05, 0) is 45.4 Å². The van der Waals surface area contributed by atoms with Crippen molar-refractivity contribution in [1.29, 1.82) is 0 Å². The summed E-state index contributed by atoms with van der Waals surface area (Å²) in [5.41, 5.74) is -0.313. The number of fused-ring (bicyclic) bond motifs is 1. The van der Waals surface area contributed by atoms with Gasteiger partial charge < -0.3 is 15.1 Å². The Labute approximate surface area is 178 Å². The van der Waals surface area contributed by atoms with Crippen molar-refractivity contribution in [2.75, 3.05) is 19.6 Å². The van der Waals surface area contributed by atoms with Gasteiger partial charge in [0.1, 0.15) is 11.2 Å². The predicted molar refractivity (Wildman–Crippen MR) is 112 cm³/mol. The number of likely N-dealkylation sites (tertiary alicyclic amines) is 1. The molecular weight excluding hydrogens is 382 g/mol. The van der Waals surface area contributed by atoms with Crippen LogP contribution in [-0.2, 0) is 11.3 Å². The van der Waals surface area contributed by atoms with Crippen molar-refractivity contribution in [3.05, 3.63) is 17.5 Å². The molecule has 4 rings (SSSR count). The maximum absolute atomic E-state index is 13.3. The molecule has 3 aliphatic rings. The molecular formula is C22H33N5O3. The van der Waals surface area contributed by atoms with Crippen molar-refractivity contribution in [3.8, 4) is 0 Å². The van der Waals surface area contributed by atoms with Gasteiger partial charge in [0.15, 0.2) is 5.69 Å². The number of nitrogens with one attached hydrogen (secondary N) is 1. The number of aromatic nitrogens is 2. The Hall–Kier alpha value is -2.38. The van der Waals surface area contributed by atoms with Crippen LogP contribution in [0.1, 0.15) is 86.2 Å². The summed E-state index contributed by atoms with van der Waals surface area (Å²) in [4.78, 5) is 43.0. The van der Waals surface area contributed by atoms with Crippen LogP contribution in [0.3, 0.4) is 0 Å². The van der Waals surface area contributed by atoms with Crippen LogP contribution in [0.4, 0.5) is 0 Å². The summed E-state index contributed by atoms with van der Waals surface area (Å²) < 4.78 is 1.57. The van der Waals surface area contributed by atoms with Gasteiger partial charge in [-0.3, -0.25) is 19.1 Å². The molecule has 30 heavy (non-hydrogen) atoms. The van der Waals surface area contributed by atoms with E-state index in [-0.39, 0.29) is 30.3 Å². The number of nitrogens with zero attached hydrogens (tertiary/aromatic N) is 4. The second-order valence-electron chi connectivity index (χ2n) is 9.11. The molecule has 1 atom stereocenters. The lowest BCUT2D eigenvalue weighted by Crippen LogP contribution is -2.65. The van der Waals surface area contributed by atoms with E-state index in [0.29, 0.717) is 17.9 Å². The van der Waals surface area contributed by atoms with Crippen LogP contribution in [0, 0.1) is 0 Å². The topological polar surface area (TPSA) is 87.5 Å². The minimum atomic E-state index is -1.01. The van der Waals surface area contributed by atoms with Gasteiger partial charge in [0.25, 0.3) is 11.8 Å². The SMILES string of the molecule is CCCN1C(=O)c2cc(C(=O)N3CCCCC3)nn2C[C@]1(C)C(=O)NC1CCCC1. The fourth-order valence-corrected chi connectivity index (χ4v) is 4.99. The molecule has 0 radical (unpaired) electrons. The van der Waals surface area contributed by atoms with Crippen molar-refractivity contribution in [2.45, 2.75) is 83.3 Å². The normalized spacial score (nSPS) is 24.8. The van der Waals surface area contributed by atoms with Crippen LogP contribution in [0.25, 0.3) is 0 Å². The highest BCUT2D eigenvalue weighted by atomic mass is 16.2. The molecule has 3 heterocycles. The van der Waals surface area contributed by atoms with Gasteiger partial charge in [-0.15, -0.1) is 0 Å². The number of carbonyl (C=O) groups is 3. The first-order valence-electron chi connectivity index (χ1n) is 11.4. The molecule has 1 saturated carbocycles.